The van der Waals surface area contributed by atoms with Gasteiger partial charge in [0.25, 0.3) is 0 Å². The van der Waals surface area contributed by atoms with Crippen molar-refractivity contribution in [2.45, 2.75) is 44.9 Å². The van der Waals surface area contributed by atoms with Crippen molar-refractivity contribution in [2.75, 3.05) is 11.5 Å². The average molecular weight is 457 g/mol. The third-order valence-corrected chi connectivity index (χ3v) is 8.83. The van der Waals surface area contributed by atoms with Gasteiger partial charge in [0, 0.05) is 26.1 Å². The molecule has 2 fully saturated rings. The van der Waals surface area contributed by atoms with Gasteiger partial charge in [0.2, 0.25) is 0 Å². The second-order valence-corrected chi connectivity index (χ2v) is 11.6. The Labute approximate surface area is 188 Å². The summed E-state index contributed by atoms with van der Waals surface area (Å²) in [5, 5.41) is 7.32. The quantitative estimate of drug-likeness (QED) is 0.508. The smallest absolute Gasteiger partial charge is 0.198 e. The van der Waals surface area contributed by atoms with E-state index >= 15 is 0 Å². The van der Waals surface area contributed by atoms with E-state index in [4.69, 9.17) is 17.3 Å². The fourth-order valence-electron chi connectivity index (χ4n) is 4.57. The zero-order chi connectivity index (χ0) is 21.6. The Hall–Kier alpha value is -2.03. The zero-order valence-electron chi connectivity index (χ0n) is 17.8. The maximum absolute atomic E-state index is 11.8. The molecule has 6 nitrogen and oxygen atoms in total. The topological polar surface area (TPSA) is 60.1 Å². The minimum Gasteiger partial charge on any atom is -0.307 e. The zero-order valence-corrected chi connectivity index (χ0v) is 19.4. The summed E-state index contributed by atoms with van der Waals surface area (Å²) in [6, 6.07) is 15.7. The highest BCUT2D eigenvalue weighted by molar-refractivity contribution is 7.91. The molecule has 1 saturated carbocycles. The van der Waals surface area contributed by atoms with E-state index in [9.17, 15) is 8.42 Å². The van der Waals surface area contributed by atoms with E-state index in [1.165, 1.54) is 29.2 Å². The van der Waals surface area contributed by atoms with Gasteiger partial charge in [-0.05, 0) is 59.8 Å². The lowest BCUT2D eigenvalue weighted by Gasteiger charge is -2.22. The minimum atomic E-state index is -2.88. The standard InChI is InChI=1S/C23H28N4O2S2/c1-25-22(13-18-10-11-31(28,29)15-18)24-27(23(25)30)16-26(21-8-9-21)14-17-6-7-19-4-2-3-5-20(19)12-17/h2-7,12,18,21H,8-11,13-16H2,1H3/t18-/m0/s1. The van der Waals surface area contributed by atoms with E-state index < -0.39 is 9.84 Å². The third-order valence-electron chi connectivity index (χ3n) is 6.51. The lowest BCUT2D eigenvalue weighted by Crippen LogP contribution is -2.29. The molecule has 0 amide bonds. The fraction of sp³-hybridized carbons (Fsp3) is 0.478. The van der Waals surface area contributed by atoms with E-state index in [0.717, 1.165) is 18.8 Å². The predicted molar refractivity (Wildman–Crippen MR) is 125 cm³/mol. The molecule has 0 bridgehead atoms. The molecule has 3 aromatic rings. The highest BCUT2D eigenvalue weighted by Crippen LogP contribution is 2.30. The second kappa shape index (κ2) is 8.15. The fourth-order valence-corrected chi connectivity index (χ4v) is 6.64. The first-order chi connectivity index (χ1) is 14.9. The Morgan fingerprint density at radius 2 is 1.90 bits per heavy atom. The molecule has 1 atom stereocenters. The Morgan fingerprint density at radius 3 is 2.61 bits per heavy atom. The Morgan fingerprint density at radius 1 is 1.13 bits per heavy atom. The van der Waals surface area contributed by atoms with Crippen molar-refractivity contribution in [1.82, 2.24) is 19.2 Å². The van der Waals surface area contributed by atoms with Crippen LogP contribution in [0.3, 0.4) is 0 Å². The number of benzene rings is 2. The molecule has 2 aromatic carbocycles. The molecule has 1 aliphatic heterocycles. The number of nitrogens with zero attached hydrogens (tertiary/aromatic N) is 4. The summed E-state index contributed by atoms with van der Waals surface area (Å²) in [6.07, 6.45) is 3.81. The summed E-state index contributed by atoms with van der Waals surface area (Å²) < 4.78 is 28.2. The molecule has 2 aliphatic rings. The SMILES string of the molecule is Cn1c(C[C@@H]2CCS(=O)(=O)C2)nn(CN(Cc2ccc3ccccc3c2)C2CC2)c1=S. The van der Waals surface area contributed by atoms with Crippen molar-refractivity contribution >= 4 is 32.8 Å². The summed E-state index contributed by atoms with van der Waals surface area (Å²) >= 11 is 5.67. The highest BCUT2D eigenvalue weighted by atomic mass is 32.2. The van der Waals surface area contributed by atoms with Crippen molar-refractivity contribution in [3.63, 3.8) is 0 Å². The largest absolute Gasteiger partial charge is 0.307 e. The number of sulfone groups is 1. The van der Waals surface area contributed by atoms with Crippen LogP contribution >= 0.6 is 12.2 Å². The molecule has 1 aliphatic carbocycles. The Balaban J connectivity index is 1.33. The van der Waals surface area contributed by atoms with Crippen LogP contribution < -0.4 is 0 Å². The van der Waals surface area contributed by atoms with E-state index in [2.05, 4.69) is 47.4 Å². The van der Waals surface area contributed by atoms with Gasteiger partial charge in [-0.15, -0.1) is 0 Å². The van der Waals surface area contributed by atoms with Gasteiger partial charge in [-0.25, -0.2) is 13.1 Å². The van der Waals surface area contributed by atoms with E-state index in [1.54, 1.807) is 0 Å². The Kier molecular flexibility index (Phi) is 5.48. The van der Waals surface area contributed by atoms with Crippen LogP contribution in [-0.4, -0.2) is 45.2 Å². The molecule has 0 radical (unpaired) electrons. The van der Waals surface area contributed by atoms with Crippen LogP contribution in [0, 0.1) is 10.7 Å². The van der Waals surface area contributed by atoms with Crippen molar-refractivity contribution in [3.8, 4) is 0 Å². The van der Waals surface area contributed by atoms with Crippen LogP contribution in [0.2, 0.25) is 0 Å². The van der Waals surface area contributed by atoms with E-state index in [-0.39, 0.29) is 11.7 Å². The molecule has 164 valence electrons. The number of aromatic nitrogens is 3. The van der Waals surface area contributed by atoms with Crippen LogP contribution in [0.25, 0.3) is 10.8 Å². The lowest BCUT2D eigenvalue weighted by molar-refractivity contribution is 0.186. The molecule has 1 saturated heterocycles. The summed E-state index contributed by atoms with van der Waals surface area (Å²) in [5.74, 6) is 1.59. The van der Waals surface area contributed by atoms with Gasteiger partial charge in [-0.2, -0.15) is 5.10 Å². The van der Waals surface area contributed by atoms with Gasteiger partial charge in [-0.3, -0.25) is 4.90 Å². The molecular formula is C23H28N4O2S2. The van der Waals surface area contributed by atoms with Crippen molar-refractivity contribution in [2.24, 2.45) is 13.0 Å². The first-order valence-corrected chi connectivity index (χ1v) is 13.2. The van der Waals surface area contributed by atoms with Crippen molar-refractivity contribution in [1.29, 1.82) is 0 Å². The maximum atomic E-state index is 11.8. The van der Waals surface area contributed by atoms with Crippen LogP contribution in [-0.2, 0) is 36.5 Å². The summed E-state index contributed by atoms with van der Waals surface area (Å²) in [4.78, 5) is 2.46. The summed E-state index contributed by atoms with van der Waals surface area (Å²) in [6.45, 7) is 1.52. The summed E-state index contributed by atoms with van der Waals surface area (Å²) in [5.41, 5.74) is 1.30. The minimum absolute atomic E-state index is 0.145. The number of hydrogen-bond donors (Lipinski definition) is 0. The molecular weight excluding hydrogens is 428 g/mol. The third kappa shape index (κ3) is 4.61. The molecule has 2 heterocycles. The predicted octanol–water partition coefficient (Wildman–Crippen LogP) is 3.70. The number of hydrogen-bond acceptors (Lipinski definition) is 5. The van der Waals surface area contributed by atoms with Crippen LogP contribution in [0.4, 0.5) is 0 Å². The van der Waals surface area contributed by atoms with E-state index in [0.29, 0.717) is 29.7 Å². The molecule has 1 aromatic heterocycles. The van der Waals surface area contributed by atoms with Crippen LogP contribution in [0.5, 0.6) is 0 Å². The monoisotopic (exact) mass is 456 g/mol. The van der Waals surface area contributed by atoms with Gasteiger partial charge in [0.05, 0.1) is 18.2 Å². The second-order valence-electron chi connectivity index (χ2n) is 9.03. The average Bonchev–Trinajstić information content (AvgIpc) is 3.49. The Bertz CT molecular complexity index is 1270. The molecule has 5 rings (SSSR count). The van der Waals surface area contributed by atoms with E-state index in [1.807, 2.05) is 16.3 Å². The van der Waals surface area contributed by atoms with Gasteiger partial charge < -0.3 is 4.57 Å². The van der Waals surface area contributed by atoms with Crippen LogP contribution in [0.1, 0.15) is 30.7 Å². The molecule has 0 N–H and O–H groups in total. The van der Waals surface area contributed by atoms with Gasteiger partial charge >= 0.3 is 0 Å². The first kappa shape index (κ1) is 20.8. The summed E-state index contributed by atoms with van der Waals surface area (Å²) in [7, 11) is -0.942. The molecule has 8 heteroatoms. The lowest BCUT2D eigenvalue weighted by atomic mass is 10.1. The highest BCUT2D eigenvalue weighted by Gasteiger charge is 2.31. The van der Waals surface area contributed by atoms with Crippen molar-refractivity contribution < 1.29 is 8.42 Å². The van der Waals surface area contributed by atoms with Gasteiger partial charge in [0.15, 0.2) is 14.6 Å². The van der Waals surface area contributed by atoms with Crippen LogP contribution in [0.15, 0.2) is 42.5 Å². The normalized spacial score (nSPS) is 20.6. The molecule has 31 heavy (non-hydrogen) atoms. The number of rotatable bonds is 7. The molecule has 0 spiro atoms. The maximum Gasteiger partial charge on any atom is 0.198 e. The molecule has 0 unspecified atom stereocenters. The number of fused-ring (bicyclic) bond motifs is 1. The first-order valence-electron chi connectivity index (χ1n) is 10.9. The van der Waals surface area contributed by atoms with Gasteiger partial charge in [-0.1, -0.05) is 36.4 Å². The van der Waals surface area contributed by atoms with Crippen molar-refractivity contribution in [3.05, 3.63) is 58.6 Å². The van der Waals surface area contributed by atoms with Gasteiger partial charge in [0.1, 0.15) is 5.82 Å².